The summed E-state index contributed by atoms with van der Waals surface area (Å²) in [6, 6.07) is 0. The largest absolute Gasteiger partial charge is 0.338 e. The molecule has 0 aliphatic heterocycles. The van der Waals surface area contributed by atoms with Crippen molar-refractivity contribution in [3.8, 4) is 0 Å². The molecule has 0 bridgehead atoms. The van der Waals surface area contributed by atoms with Crippen LogP contribution < -0.4 is 0 Å². The Morgan fingerprint density at radius 3 is 1.94 bits per heavy atom. The summed E-state index contributed by atoms with van der Waals surface area (Å²) in [5, 5.41) is 0. The lowest BCUT2D eigenvalue weighted by molar-refractivity contribution is -0.139. The number of carbonyl (C=O) groups is 1. The van der Waals surface area contributed by atoms with Gasteiger partial charge in [0.1, 0.15) is 0 Å². The summed E-state index contributed by atoms with van der Waals surface area (Å²) in [4.78, 5) is 13.2. The van der Waals surface area contributed by atoms with Gasteiger partial charge in [-0.2, -0.15) is 0 Å². The fraction of sp³-hybridized carbons (Fsp3) is 0.923. The predicted molar refractivity (Wildman–Crippen MR) is 66.1 cm³/mol. The average Bonchev–Trinajstić information content (AvgIpc) is 2.09. The molecule has 3 heteroatoms. The average molecular weight is 231 g/mol. The standard InChI is InChI=1S/C13H26FNO/c1-12(2,3)9-8-10(14)11(16)15(7)13(4,5)6/h10H,8-9H2,1-7H3/t10-/m0/s1. The van der Waals surface area contributed by atoms with Crippen LogP contribution >= 0.6 is 0 Å². The summed E-state index contributed by atoms with van der Waals surface area (Å²) in [6.07, 6.45) is -0.343. The van der Waals surface area contributed by atoms with Gasteiger partial charge in [0.05, 0.1) is 0 Å². The smallest absolute Gasteiger partial charge is 0.257 e. The molecular weight excluding hydrogens is 205 g/mol. The van der Waals surface area contributed by atoms with Gasteiger partial charge in [0, 0.05) is 12.6 Å². The van der Waals surface area contributed by atoms with E-state index in [-0.39, 0.29) is 11.0 Å². The van der Waals surface area contributed by atoms with Crippen molar-refractivity contribution in [3.05, 3.63) is 0 Å². The second-order valence-corrected chi connectivity index (χ2v) is 6.63. The Morgan fingerprint density at radius 2 is 1.62 bits per heavy atom. The Balaban J connectivity index is 4.30. The maximum Gasteiger partial charge on any atom is 0.257 e. The van der Waals surface area contributed by atoms with Crippen molar-refractivity contribution in [1.82, 2.24) is 4.90 Å². The topological polar surface area (TPSA) is 20.3 Å². The fourth-order valence-electron chi connectivity index (χ4n) is 1.22. The second-order valence-electron chi connectivity index (χ2n) is 6.63. The molecule has 0 spiro atoms. The summed E-state index contributed by atoms with van der Waals surface area (Å²) in [5.74, 6) is -0.406. The first-order valence-corrected chi connectivity index (χ1v) is 5.87. The van der Waals surface area contributed by atoms with Crippen LogP contribution in [0.1, 0.15) is 54.4 Å². The van der Waals surface area contributed by atoms with Crippen LogP contribution in [-0.2, 0) is 4.79 Å². The third-order valence-corrected chi connectivity index (χ3v) is 2.75. The fourth-order valence-corrected chi connectivity index (χ4v) is 1.22. The van der Waals surface area contributed by atoms with Crippen molar-refractivity contribution in [2.75, 3.05) is 7.05 Å². The number of carbonyl (C=O) groups excluding carboxylic acids is 1. The molecule has 1 atom stereocenters. The molecule has 96 valence electrons. The Morgan fingerprint density at radius 1 is 1.19 bits per heavy atom. The van der Waals surface area contributed by atoms with Gasteiger partial charge in [0.25, 0.3) is 5.91 Å². The SMILES string of the molecule is CN(C(=O)[C@@H](F)CCC(C)(C)C)C(C)(C)C. The molecule has 0 unspecified atom stereocenters. The minimum atomic E-state index is -1.37. The monoisotopic (exact) mass is 231 g/mol. The van der Waals surface area contributed by atoms with Crippen molar-refractivity contribution >= 4 is 5.91 Å². The molecule has 0 radical (unpaired) electrons. The van der Waals surface area contributed by atoms with E-state index in [2.05, 4.69) is 20.8 Å². The molecule has 0 aromatic carbocycles. The van der Waals surface area contributed by atoms with Crippen LogP contribution in [0.5, 0.6) is 0 Å². The van der Waals surface area contributed by atoms with E-state index in [0.717, 1.165) is 6.42 Å². The highest BCUT2D eigenvalue weighted by Gasteiger charge is 2.29. The third kappa shape index (κ3) is 5.47. The zero-order chi connectivity index (χ0) is 13.1. The third-order valence-electron chi connectivity index (χ3n) is 2.75. The van der Waals surface area contributed by atoms with Gasteiger partial charge in [0.15, 0.2) is 6.17 Å². The summed E-state index contributed by atoms with van der Waals surface area (Å²) in [5.41, 5.74) is -0.242. The summed E-state index contributed by atoms with van der Waals surface area (Å²) in [6.45, 7) is 11.9. The lowest BCUT2D eigenvalue weighted by atomic mass is 9.89. The van der Waals surface area contributed by atoms with E-state index >= 15 is 0 Å². The van der Waals surface area contributed by atoms with Gasteiger partial charge >= 0.3 is 0 Å². The van der Waals surface area contributed by atoms with E-state index in [1.54, 1.807) is 7.05 Å². The molecule has 0 saturated carbocycles. The van der Waals surface area contributed by atoms with Crippen molar-refractivity contribution in [1.29, 1.82) is 0 Å². The van der Waals surface area contributed by atoms with Crippen molar-refractivity contribution in [3.63, 3.8) is 0 Å². The zero-order valence-electron chi connectivity index (χ0n) is 11.7. The van der Waals surface area contributed by atoms with E-state index in [0.29, 0.717) is 6.42 Å². The quantitative estimate of drug-likeness (QED) is 0.729. The molecule has 0 aromatic rings. The van der Waals surface area contributed by atoms with Gasteiger partial charge in [-0.25, -0.2) is 4.39 Å². The molecule has 16 heavy (non-hydrogen) atoms. The molecule has 0 aliphatic carbocycles. The molecular formula is C13H26FNO. The first-order valence-electron chi connectivity index (χ1n) is 5.87. The molecule has 0 fully saturated rings. The van der Waals surface area contributed by atoms with Crippen molar-refractivity contribution in [2.45, 2.75) is 66.1 Å². The van der Waals surface area contributed by atoms with E-state index in [1.807, 2.05) is 20.8 Å². The van der Waals surface area contributed by atoms with Crippen LogP contribution in [0.15, 0.2) is 0 Å². The van der Waals surface area contributed by atoms with Crippen LogP contribution in [0.3, 0.4) is 0 Å². The number of amides is 1. The molecule has 0 N–H and O–H groups in total. The Bertz CT molecular complexity index is 237. The van der Waals surface area contributed by atoms with Gasteiger partial charge in [0.2, 0.25) is 0 Å². The van der Waals surface area contributed by atoms with Crippen LogP contribution in [-0.4, -0.2) is 29.6 Å². The van der Waals surface area contributed by atoms with E-state index in [1.165, 1.54) is 4.90 Å². The lowest BCUT2D eigenvalue weighted by Crippen LogP contribution is -2.46. The Hall–Kier alpha value is -0.600. The molecule has 2 nitrogen and oxygen atoms in total. The van der Waals surface area contributed by atoms with Crippen LogP contribution in [0.25, 0.3) is 0 Å². The molecule has 0 heterocycles. The highest BCUT2D eigenvalue weighted by molar-refractivity contribution is 5.81. The van der Waals surface area contributed by atoms with E-state index in [9.17, 15) is 9.18 Å². The second kappa shape index (κ2) is 5.15. The van der Waals surface area contributed by atoms with Crippen LogP contribution in [0.2, 0.25) is 0 Å². The van der Waals surface area contributed by atoms with Gasteiger partial charge < -0.3 is 4.90 Å². The minimum absolute atomic E-state index is 0.0743. The number of hydrogen-bond acceptors (Lipinski definition) is 1. The number of halogens is 1. The molecule has 1 amide bonds. The van der Waals surface area contributed by atoms with E-state index in [4.69, 9.17) is 0 Å². The molecule has 0 aliphatic rings. The molecule has 0 aromatic heterocycles. The number of rotatable bonds is 3. The van der Waals surface area contributed by atoms with Gasteiger partial charge in [-0.3, -0.25) is 4.79 Å². The highest BCUT2D eigenvalue weighted by atomic mass is 19.1. The summed E-state index contributed by atoms with van der Waals surface area (Å²) < 4.78 is 13.7. The minimum Gasteiger partial charge on any atom is -0.338 e. The van der Waals surface area contributed by atoms with E-state index < -0.39 is 12.1 Å². The first kappa shape index (κ1) is 15.4. The zero-order valence-corrected chi connectivity index (χ0v) is 11.7. The molecule has 0 rings (SSSR count). The Labute approximate surface area is 99.2 Å². The number of nitrogens with zero attached hydrogens (tertiary/aromatic N) is 1. The maximum atomic E-state index is 13.7. The Kier molecular flexibility index (Phi) is 4.96. The molecule has 0 saturated heterocycles. The van der Waals surface area contributed by atoms with Gasteiger partial charge in [-0.05, 0) is 39.0 Å². The highest BCUT2D eigenvalue weighted by Crippen LogP contribution is 2.24. The lowest BCUT2D eigenvalue weighted by Gasteiger charge is -2.33. The van der Waals surface area contributed by atoms with Gasteiger partial charge in [-0.1, -0.05) is 20.8 Å². The maximum absolute atomic E-state index is 13.7. The van der Waals surface area contributed by atoms with Crippen molar-refractivity contribution < 1.29 is 9.18 Å². The number of hydrogen-bond donors (Lipinski definition) is 0. The van der Waals surface area contributed by atoms with Crippen LogP contribution in [0.4, 0.5) is 4.39 Å². The van der Waals surface area contributed by atoms with Crippen molar-refractivity contribution in [2.24, 2.45) is 5.41 Å². The van der Waals surface area contributed by atoms with Crippen LogP contribution in [0, 0.1) is 5.41 Å². The summed E-state index contributed by atoms with van der Waals surface area (Å²) >= 11 is 0. The predicted octanol–water partition coefficient (Wildman–Crippen LogP) is 3.41. The summed E-state index contributed by atoms with van der Waals surface area (Å²) in [7, 11) is 1.66. The number of alkyl halides is 1. The first-order chi connectivity index (χ1) is 6.95. The van der Waals surface area contributed by atoms with Gasteiger partial charge in [-0.15, -0.1) is 0 Å². The normalized spacial score (nSPS) is 14.8.